The maximum Gasteiger partial charge on any atom is 0.232 e. The standard InChI is InChI=1S/C13H16N2O2S/c14-8-2-4-11-3-1-5-13(9-11)15-18(16,17)10-12-6-7-12/h1,3,5,9,12,15H,6-8,10,14H2. The van der Waals surface area contributed by atoms with E-state index < -0.39 is 10.0 Å². The van der Waals surface area contributed by atoms with Crippen molar-refractivity contribution in [2.24, 2.45) is 11.7 Å². The summed E-state index contributed by atoms with van der Waals surface area (Å²) in [6, 6.07) is 7.03. The van der Waals surface area contributed by atoms with Gasteiger partial charge in [-0.1, -0.05) is 17.9 Å². The van der Waals surface area contributed by atoms with Gasteiger partial charge in [0.1, 0.15) is 0 Å². The fraction of sp³-hybridized carbons (Fsp3) is 0.385. The highest BCUT2D eigenvalue weighted by atomic mass is 32.2. The molecule has 0 saturated heterocycles. The Balaban J connectivity index is 2.08. The van der Waals surface area contributed by atoms with Gasteiger partial charge in [-0.25, -0.2) is 8.42 Å². The number of nitrogens with two attached hydrogens (primary N) is 1. The number of rotatable bonds is 4. The van der Waals surface area contributed by atoms with Crippen LogP contribution in [0, 0.1) is 17.8 Å². The van der Waals surface area contributed by atoms with Crippen LogP contribution in [0.2, 0.25) is 0 Å². The lowest BCUT2D eigenvalue weighted by molar-refractivity contribution is 0.597. The van der Waals surface area contributed by atoms with Crippen molar-refractivity contribution >= 4 is 15.7 Å². The molecule has 1 fully saturated rings. The van der Waals surface area contributed by atoms with Gasteiger partial charge >= 0.3 is 0 Å². The molecular weight excluding hydrogens is 248 g/mol. The first-order valence-corrected chi connectivity index (χ1v) is 7.54. The van der Waals surface area contributed by atoms with Crippen LogP contribution in [0.3, 0.4) is 0 Å². The molecule has 0 heterocycles. The molecule has 0 amide bonds. The van der Waals surface area contributed by atoms with Crippen molar-refractivity contribution < 1.29 is 8.42 Å². The lowest BCUT2D eigenvalue weighted by atomic mass is 10.2. The summed E-state index contributed by atoms with van der Waals surface area (Å²) in [4.78, 5) is 0. The third-order valence-electron chi connectivity index (χ3n) is 2.62. The van der Waals surface area contributed by atoms with E-state index in [1.165, 1.54) is 0 Å². The first-order valence-electron chi connectivity index (χ1n) is 5.88. The van der Waals surface area contributed by atoms with E-state index in [4.69, 9.17) is 5.73 Å². The van der Waals surface area contributed by atoms with Gasteiger partial charge in [0, 0.05) is 11.3 Å². The minimum atomic E-state index is -3.23. The van der Waals surface area contributed by atoms with E-state index in [0.29, 0.717) is 11.6 Å². The van der Waals surface area contributed by atoms with Crippen LogP contribution in [0.25, 0.3) is 0 Å². The Labute approximate surface area is 108 Å². The zero-order valence-corrected chi connectivity index (χ0v) is 10.8. The molecule has 2 rings (SSSR count). The quantitative estimate of drug-likeness (QED) is 0.801. The molecule has 0 unspecified atom stereocenters. The van der Waals surface area contributed by atoms with Gasteiger partial charge in [0.05, 0.1) is 12.3 Å². The van der Waals surface area contributed by atoms with Gasteiger partial charge in [-0.05, 0) is 37.0 Å². The summed E-state index contributed by atoms with van der Waals surface area (Å²) in [7, 11) is -3.23. The molecule has 0 atom stereocenters. The molecule has 1 aliphatic rings. The van der Waals surface area contributed by atoms with Crippen molar-refractivity contribution in [3.05, 3.63) is 29.8 Å². The maximum atomic E-state index is 11.8. The molecule has 0 radical (unpaired) electrons. The van der Waals surface area contributed by atoms with E-state index in [2.05, 4.69) is 16.6 Å². The second-order valence-electron chi connectivity index (χ2n) is 4.41. The summed E-state index contributed by atoms with van der Waals surface area (Å²) in [6.07, 6.45) is 2.03. The van der Waals surface area contributed by atoms with Crippen LogP contribution >= 0.6 is 0 Å². The third-order valence-corrected chi connectivity index (χ3v) is 4.08. The molecule has 0 spiro atoms. The summed E-state index contributed by atoms with van der Waals surface area (Å²) in [5.74, 6) is 6.16. The predicted molar refractivity (Wildman–Crippen MR) is 72.5 cm³/mol. The largest absolute Gasteiger partial charge is 0.320 e. The molecule has 0 aliphatic heterocycles. The van der Waals surface area contributed by atoms with Crippen LogP contribution < -0.4 is 10.5 Å². The van der Waals surface area contributed by atoms with Crippen molar-refractivity contribution in [3.63, 3.8) is 0 Å². The van der Waals surface area contributed by atoms with Crippen LogP contribution in [0.15, 0.2) is 24.3 Å². The van der Waals surface area contributed by atoms with Crippen molar-refractivity contribution in [2.45, 2.75) is 12.8 Å². The van der Waals surface area contributed by atoms with Crippen LogP contribution in [-0.2, 0) is 10.0 Å². The van der Waals surface area contributed by atoms with Crippen LogP contribution in [0.4, 0.5) is 5.69 Å². The van der Waals surface area contributed by atoms with E-state index in [1.54, 1.807) is 18.2 Å². The van der Waals surface area contributed by atoms with Crippen molar-refractivity contribution in [1.29, 1.82) is 0 Å². The Hall–Kier alpha value is -1.51. The lowest BCUT2D eigenvalue weighted by Gasteiger charge is -2.07. The Kier molecular flexibility index (Phi) is 3.90. The highest BCUT2D eigenvalue weighted by Gasteiger charge is 2.27. The van der Waals surface area contributed by atoms with Crippen molar-refractivity contribution in [1.82, 2.24) is 0 Å². The zero-order valence-electron chi connectivity index (χ0n) is 10.0. The first kappa shape index (κ1) is 12.9. The molecule has 1 saturated carbocycles. The molecule has 0 bridgehead atoms. The normalized spacial score (nSPS) is 14.7. The predicted octanol–water partition coefficient (Wildman–Crippen LogP) is 1.15. The SMILES string of the molecule is NCC#Cc1cccc(NS(=O)(=O)CC2CC2)c1. The minimum absolute atomic E-state index is 0.214. The molecule has 5 heteroatoms. The van der Waals surface area contributed by atoms with Crippen LogP contribution in [0.1, 0.15) is 18.4 Å². The van der Waals surface area contributed by atoms with E-state index in [-0.39, 0.29) is 12.3 Å². The van der Waals surface area contributed by atoms with Crippen LogP contribution in [0.5, 0.6) is 0 Å². The molecule has 1 aliphatic carbocycles. The lowest BCUT2D eigenvalue weighted by Crippen LogP contribution is -2.17. The summed E-state index contributed by atoms with van der Waals surface area (Å²) in [6.45, 7) is 0.289. The van der Waals surface area contributed by atoms with Crippen molar-refractivity contribution in [2.75, 3.05) is 17.0 Å². The average molecular weight is 264 g/mol. The molecule has 4 nitrogen and oxygen atoms in total. The molecule has 18 heavy (non-hydrogen) atoms. The van der Waals surface area contributed by atoms with E-state index >= 15 is 0 Å². The molecule has 0 aromatic heterocycles. The topological polar surface area (TPSA) is 72.2 Å². The Morgan fingerprint density at radius 3 is 2.83 bits per heavy atom. The highest BCUT2D eigenvalue weighted by molar-refractivity contribution is 7.92. The van der Waals surface area contributed by atoms with Gasteiger partial charge in [-0.3, -0.25) is 4.72 Å². The second-order valence-corrected chi connectivity index (χ2v) is 6.18. The maximum absolute atomic E-state index is 11.8. The van der Waals surface area contributed by atoms with Crippen molar-refractivity contribution in [3.8, 4) is 11.8 Å². The van der Waals surface area contributed by atoms with E-state index in [0.717, 1.165) is 18.4 Å². The van der Waals surface area contributed by atoms with Gasteiger partial charge in [0.2, 0.25) is 10.0 Å². The number of hydrogen-bond donors (Lipinski definition) is 2. The number of anilines is 1. The molecule has 1 aromatic rings. The van der Waals surface area contributed by atoms with Gasteiger partial charge in [-0.2, -0.15) is 0 Å². The monoisotopic (exact) mass is 264 g/mol. The Bertz CT molecular complexity index is 580. The summed E-state index contributed by atoms with van der Waals surface area (Å²) in [5, 5.41) is 0. The average Bonchev–Trinajstić information content (AvgIpc) is 3.09. The number of nitrogens with one attached hydrogen (secondary N) is 1. The van der Waals surface area contributed by atoms with E-state index in [9.17, 15) is 8.42 Å². The Morgan fingerprint density at radius 1 is 1.39 bits per heavy atom. The summed E-state index contributed by atoms with van der Waals surface area (Å²) < 4.78 is 26.2. The van der Waals surface area contributed by atoms with Crippen LogP contribution in [-0.4, -0.2) is 20.7 Å². The fourth-order valence-corrected chi connectivity index (χ4v) is 3.15. The Morgan fingerprint density at radius 2 is 2.17 bits per heavy atom. The molecule has 96 valence electrons. The zero-order chi connectivity index (χ0) is 13.0. The first-order chi connectivity index (χ1) is 8.59. The number of benzene rings is 1. The molecule has 1 aromatic carbocycles. The number of sulfonamides is 1. The highest BCUT2D eigenvalue weighted by Crippen LogP contribution is 2.30. The minimum Gasteiger partial charge on any atom is -0.320 e. The van der Waals surface area contributed by atoms with Gasteiger partial charge in [0.25, 0.3) is 0 Å². The molecular formula is C13H16N2O2S. The van der Waals surface area contributed by atoms with Gasteiger partial charge in [-0.15, -0.1) is 0 Å². The second kappa shape index (κ2) is 5.42. The van der Waals surface area contributed by atoms with E-state index in [1.807, 2.05) is 6.07 Å². The number of hydrogen-bond acceptors (Lipinski definition) is 3. The molecule has 3 N–H and O–H groups in total. The fourth-order valence-electron chi connectivity index (χ4n) is 1.63. The van der Waals surface area contributed by atoms with Gasteiger partial charge in [0.15, 0.2) is 0 Å². The summed E-state index contributed by atoms with van der Waals surface area (Å²) in [5.41, 5.74) is 6.60. The third kappa shape index (κ3) is 4.06. The smallest absolute Gasteiger partial charge is 0.232 e. The summed E-state index contributed by atoms with van der Waals surface area (Å²) >= 11 is 0. The van der Waals surface area contributed by atoms with Gasteiger partial charge < -0.3 is 5.73 Å².